The summed E-state index contributed by atoms with van der Waals surface area (Å²) in [5.74, 6) is 0.639. The Morgan fingerprint density at radius 3 is 3.05 bits per heavy atom. The normalized spacial score (nSPS) is 22.7. The van der Waals surface area contributed by atoms with Crippen LogP contribution in [0.5, 0.6) is 0 Å². The Balaban J connectivity index is 1.70. The van der Waals surface area contributed by atoms with E-state index in [0.29, 0.717) is 12.3 Å². The van der Waals surface area contributed by atoms with Crippen LogP contribution in [0.1, 0.15) is 18.8 Å². The van der Waals surface area contributed by atoms with Gasteiger partial charge in [-0.15, -0.1) is 0 Å². The van der Waals surface area contributed by atoms with E-state index in [9.17, 15) is 5.11 Å². The number of ether oxygens (including phenoxy) is 1. The van der Waals surface area contributed by atoms with Gasteiger partial charge in [0.1, 0.15) is 17.4 Å². The van der Waals surface area contributed by atoms with Gasteiger partial charge in [-0.25, -0.2) is 0 Å². The molecule has 0 aliphatic carbocycles. The number of benzene rings is 1. The van der Waals surface area contributed by atoms with Crippen LogP contribution in [0.4, 0.5) is 0 Å². The number of furan rings is 1. The van der Waals surface area contributed by atoms with Gasteiger partial charge in [-0.1, -0.05) is 18.2 Å². The van der Waals surface area contributed by atoms with E-state index < -0.39 is 6.10 Å². The minimum absolute atomic E-state index is 0.233. The largest absolute Gasteiger partial charge is 0.458 e. The van der Waals surface area contributed by atoms with Crippen molar-refractivity contribution in [3.8, 4) is 0 Å². The lowest BCUT2D eigenvalue weighted by Crippen LogP contribution is -2.42. The van der Waals surface area contributed by atoms with Crippen molar-refractivity contribution in [2.45, 2.75) is 19.1 Å². The summed E-state index contributed by atoms with van der Waals surface area (Å²) < 4.78 is 11.2. The zero-order valence-corrected chi connectivity index (χ0v) is 11.1. The lowest BCUT2D eigenvalue weighted by atomic mass is 10.2. The Hall–Kier alpha value is -1.36. The van der Waals surface area contributed by atoms with Crippen molar-refractivity contribution in [3.63, 3.8) is 0 Å². The third-order valence-electron chi connectivity index (χ3n) is 3.53. The second kappa shape index (κ2) is 5.33. The van der Waals surface area contributed by atoms with Gasteiger partial charge in [0.25, 0.3) is 0 Å². The maximum Gasteiger partial charge on any atom is 0.135 e. The van der Waals surface area contributed by atoms with Crippen LogP contribution < -0.4 is 0 Å². The van der Waals surface area contributed by atoms with E-state index in [4.69, 9.17) is 9.15 Å². The summed E-state index contributed by atoms with van der Waals surface area (Å²) in [5.41, 5.74) is 0.826. The zero-order chi connectivity index (χ0) is 13.2. The van der Waals surface area contributed by atoms with Crippen molar-refractivity contribution >= 4 is 11.0 Å². The lowest BCUT2D eigenvalue weighted by Gasteiger charge is -2.31. The van der Waals surface area contributed by atoms with Crippen LogP contribution in [-0.2, 0) is 4.74 Å². The molecule has 4 nitrogen and oxygen atoms in total. The van der Waals surface area contributed by atoms with Gasteiger partial charge in [-0.2, -0.15) is 0 Å². The number of para-hydroxylation sites is 1. The van der Waals surface area contributed by atoms with Gasteiger partial charge >= 0.3 is 0 Å². The lowest BCUT2D eigenvalue weighted by molar-refractivity contribution is -0.0338. The smallest absolute Gasteiger partial charge is 0.135 e. The van der Waals surface area contributed by atoms with Gasteiger partial charge in [-0.3, -0.25) is 4.90 Å². The van der Waals surface area contributed by atoms with E-state index in [-0.39, 0.29) is 6.10 Å². The number of aliphatic hydroxyl groups is 1. The first-order valence-corrected chi connectivity index (χ1v) is 6.73. The minimum atomic E-state index is -0.585. The molecule has 4 heteroatoms. The van der Waals surface area contributed by atoms with Crippen LogP contribution in [-0.4, -0.2) is 42.4 Å². The molecule has 2 atom stereocenters. The Bertz CT molecular complexity index is 518. The number of rotatable bonds is 3. The van der Waals surface area contributed by atoms with Crippen LogP contribution in [0.15, 0.2) is 34.7 Å². The number of hydrogen-bond donors (Lipinski definition) is 1. The molecule has 0 amide bonds. The molecule has 19 heavy (non-hydrogen) atoms. The van der Waals surface area contributed by atoms with Crippen molar-refractivity contribution in [1.82, 2.24) is 4.90 Å². The fraction of sp³-hybridized carbons (Fsp3) is 0.467. The average Bonchev–Trinajstić information content (AvgIpc) is 2.82. The molecular formula is C15H19NO3. The molecule has 1 saturated heterocycles. The molecule has 3 rings (SSSR count). The number of fused-ring (bicyclic) bond motifs is 1. The molecule has 0 spiro atoms. The third kappa shape index (κ3) is 2.81. The molecule has 1 N–H and O–H groups in total. The molecule has 1 aliphatic heterocycles. The van der Waals surface area contributed by atoms with Gasteiger partial charge < -0.3 is 14.3 Å². The van der Waals surface area contributed by atoms with Crippen LogP contribution in [0.2, 0.25) is 0 Å². The summed E-state index contributed by atoms with van der Waals surface area (Å²) in [4.78, 5) is 2.21. The highest BCUT2D eigenvalue weighted by atomic mass is 16.5. The van der Waals surface area contributed by atoms with Crippen molar-refractivity contribution in [1.29, 1.82) is 0 Å². The molecule has 0 radical (unpaired) electrons. The first-order valence-electron chi connectivity index (χ1n) is 6.73. The van der Waals surface area contributed by atoms with E-state index in [1.165, 1.54) is 0 Å². The molecule has 2 heterocycles. The Morgan fingerprint density at radius 2 is 2.26 bits per heavy atom. The van der Waals surface area contributed by atoms with E-state index in [2.05, 4.69) is 11.8 Å². The highest BCUT2D eigenvalue weighted by molar-refractivity contribution is 5.77. The molecule has 2 unspecified atom stereocenters. The van der Waals surface area contributed by atoms with Gasteiger partial charge in [0.15, 0.2) is 0 Å². The molecular weight excluding hydrogens is 242 g/mol. The third-order valence-corrected chi connectivity index (χ3v) is 3.53. The topological polar surface area (TPSA) is 45.8 Å². The standard InChI is InChI=1S/C15H19NO3/c1-11-9-16(6-7-18-11)10-13(17)15-8-12-4-2-3-5-14(12)19-15/h2-5,8,11,13,17H,6-7,9-10H2,1H3. The summed E-state index contributed by atoms with van der Waals surface area (Å²) in [7, 11) is 0. The second-order valence-electron chi connectivity index (χ2n) is 5.14. The maximum absolute atomic E-state index is 10.3. The van der Waals surface area contributed by atoms with Gasteiger partial charge in [-0.05, 0) is 19.1 Å². The zero-order valence-electron chi connectivity index (χ0n) is 11.1. The molecule has 1 aliphatic rings. The van der Waals surface area contributed by atoms with Crippen molar-refractivity contribution < 1.29 is 14.3 Å². The monoisotopic (exact) mass is 261 g/mol. The number of nitrogens with zero attached hydrogens (tertiary/aromatic N) is 1. The van der Waals surface area contributed by atoms with Gasteiger partial charge in [0, 0.05) is 25.0 Å². The van der Waals surface area contributed by atoms with Crippen molar-refractivity contribution in [3.05, 3.63) is 36.1 Å². The predicted molar refractivity (Wildman–Crippen MR) is 73.0 cm³/mol. The fourth-order valence-corrected chi connectivity index (χ4v) is 2.56. The summed E-state index contributed by atoms with van der Waals surface area (Å²) in [6.07, 6.45) is -0.352. The highest BCUT2D eigenvalue weighted by Gasteiger charge is 2.21. The first kappa shape index (κ1) is 12.7. The number of morpholine rings is 1. The Kier molecular flexibility index (Phi) is 3.55. The van der Waals surface area contributed by atoms with E-state index in [1.54, 1.807) is 0 Å². The van der Waals surface area contributed by atoms with Crippen LogP contribution in [0.3, 0.4) is 0 Å². The summed E-state index contributed by atoms with van der Waals surface area (Å²) in [5, 5.41) is 11.3. The summed E-state index contributed by atoms with van der Waals surface area (Å²) in [6.45, 7) is 5.10. The molecule has 1 fully saturated rings. The van der Waals surface area contributed by atoms with Crippen molar-refractivity contribution in [2.24, 2.45) is 0 Å². The Labute approximate surface area is 112 Å². The quantitative estimate of drug-likeness (QED) is 0.920. The SMILES string of the molecule is CC1CN(CC(O)c2cc3ccccc3o2)CCO1. The van der Waals surface area contributed by atoms with Crippen molar-refractivity contribution in [2.75, 3.05) is 26.2 Å². The maximum atomic E-state index is 10.3. The number of β-amino-alcohol motifs (C(OH)–C–C–N with tert-alkyl or cyclic N) is 1. The summed E-state index contributed by atoms with van der Waals surface area (Å²) >= 11 is 0. The molecule has 0 bridgehead atoms. The van der Waals surface area contributed by atoms with E-state index in [1.807, 2.05) is 30.3 Å². The van der Waals surface area contributed by atoms with Crippen LogP contribution >= 0.6 is 0 Å². The second-order valence-corrected chi connectivity index (χ2v) is 5.14. The van der Waals surface area contributed by atoms with Gasteiger partial charge in [0.2, 0.25) is 0 Å². The molecule has 2 aromatic rings. The predicted octanol–water partition coefficient (Wildman–Crippen LogP) is 2.19. The van der Waals surface area contributed by atoms with E-state index in [0.717, 1.165) is 30.7 Å². The Morgan fingerprint density at radius 1 is 1.42 bits per heavy atom. The fourth-order valence-electron chi connectivity index (χ4n) is 2.56. The molecule has 1 aromatic heterocycles. The first-order chi connectivity index (χ1) is 9.22. The number of aliphatic hydroxyl groups excluding tert-OH is 1. The molecule has 0 saturated carbocycles. The molecule has 102 valence electrons. The van der Waals surface area contributed by atoms with Crippen LogP contribution in [0, 0.1) is 0 Å². The minimum Gasteiger partial charge on any atom is -0.458 e. The van der Waals surface area contributed by atoms with Crippen LogP contribution in [0.25, 0.3) is 11.0 Å². The molecule has 1 aromatic carbocycles. The van der Waals surface area contributed by atoms with E-state index >= 15 is 0 Å². The average molecular weight is 261 g/mol. The number of hydrogen-bond acceptors (Lipinski definition) is 4. The summed E-state index contributed by atoms with van der Waals surface area (Å²) in [6, 6.07) is 9.74. The van der Waals surface area contributed by atoms with Gasteiger partial charge in [0.05, 0.1) is 12.7 Å². The highest BCUT2D eigenvalue weighted by Crippen LogP contribution is 2.24.